The fourth-order valence-electron chi connectivity index (χ4n) is 2.45. The normalized spacial score (nSPS) is 13.7. The molecule has 9 heteroatoms. The third-order valence-electron chi connectivity index (χ3n) is 3.94. The molecule has 0 spiro atoms. The topological polar surface area (TPSA) is 128 Å². The summed E-state index contributed by atoms with van der Waals surface area (Å²) < 4.78 is 5.21. The molecule has 1 heterocycles. The lowest BCUT2D eigenvalue weighted by atomic mass is 10.2. The number of esters is 1. The summed E-state index contributed by atoms with van der Waals surface area (Å²) in [5.74, 6) is -1.59. The third kappa shape index (κ3) is 4.49. The SMILES string of the molecule is CC(OC(=O)c1ccc2c(c1)NC(=O)CS2)C(=O)Nc1ccc(C(N)=O)cc1. The molecular weight excluding hydrogens is 382 g/mol. The van der Waals surface area contributed by atoms with E-state index in [0.717, 1.165) is 4.90 Å². The van der Waals surface area contributed by atoms with Crippen LogP contribution in [0.5, 0.6) is 0 Å². The number of hydrogen-bond acceptors (Lipinski definition) is 6. The number of carbonyl (C=O) groups excluding carboxylic acids is 4. The van der Waals surface area contributed by atoms with Gasteiger partial charge in [-0.2, -0.15) is 0 Å². The van der Waals surface area contributed by atoms with Crippen molar-refractivity contribution in [3.8, 4) is 0 Å². The van der Waals surface area contributed by atoms with Crippen molar-refractivity contribution in [1.82, 2.24) is 0 Å². The van der Waals surface area contributed by atoms with Gasteiger partial charge in [-0.25, -0.2) is 4.79 Å². The molecule has 3 amide bonds. The molecule has 144 valence electrons. The van der Waals surface area contributed by atoms with E-state index in [4.69, 9.17) is 10.5 Å². The van der Waals surface area contributed by atoms with Crippen molar-refractivity contribution in [3.05, 3.63) is 53.6 Å². The Kier molecular flexibility index (Phi) is 5.65. The highest BCUT2D eigenvalue weighted by Gasteiger charge is 2.22. The zero-order chi connectivity index (χ0) is 20.3. The second-order valence-corrected chi connectivity index (χ2v) is 7.04. The lowest BCUT2D eigenvalue weighted by Crippen LogP contribution is -2.30. The summed E-state index contributed by atoms with van der Waals surface area (Å²) in [6.45, 7) is 1.45. The maximum absolute atomic E-state index is 12.3. The van der Waals surface area contributed by atoms with Gasteiger partial charge >= 0.3 is 5.97 Å². The van der Waals surface area contributed by atoms with E-state index in [0.29, 0.717) is 22.7 Å². The van der Waals surface area contributed by atoms with Crippen molar-refractivity contribution in [2.75, 3.05) is 16.4 Å². The highest BCUT2D eigenvalue weighted by atomic mass is 32.2. The van der Waals surface area contributed by atoms with Crippen LogP contribution in [-0.4, -0.2) is 35.5 Å². The number of benzene rings is 2. The highest BCUT2D eigenvalue weighted by Crippen LogP contribution is 2.32. The van der Waals surface area contributed by atoms with E-state index in [-0.39, 0.29) is 11.5 Å². The largest absolute Gasteiger partial charge is 0.449 e. The van der Waals surface area contributed by atoms with Crippen LogP contribution < -0.4 is 16.4 Å². The molecule has 0 fully saturated rings. The summed E-state index contributed by atoms with van der Waals surface area (Å²) in [4.78, 5) is 48.0. The lowest BCUT2D eigenvalue weighted by molar-refractivity contribution is -0.123. The van der Waals surface area contributed by atoms with E-state index in [1.54, 1.807) is 12.1 Å². The van der Waals surface area contributed by atoms with Crippen LogP contribution in [0.2, 0.25) is 0 Å². The number of ether oxygens (including phenoxy) is 1. The van der Waals surface area contributed by atoms with Crippen LogP contribution in [0.1, 0.15) is 27.6 Å². The van der Waals surface area contributed by atoms with Crippen LogP contribution >= 0.6 is 11.8 Å². The maximum atomic E-state index is 12.3. The van der Waals surface area contributed by atoms with Gasteiger partial charge in [0.2, 0.25) is 11.8 Å². The van der Waals surface area contributed by atoms with Gasteiger partial charge in [0.15, 0.2) is 6.10 Å². The molecule has 4 N–H and O–H groups in total. The summed E-state index contributed by atoms with van der Waals surface area (Å²) in [7, 11) is 0. The van der Waals surface area contributed by atoms with Crippen LogP contribution in [0.4, 0.5) is 11.4 Å². The average molecular weight is 399 g/mol. The van der Waals surface area contributed by atoms with Gasteiger partial charge in [0, 0.05) is 16.1 Å². The molecule has 0 bridgehead atoms. The van der Waals surface area contributed by atoms with Crippen LogP contribution in [0.3, 0.4) is 0 Å². The molecular formula is C19H17N3O5S. The van der Waals surface area contributed by atoms with Crippen LogP contribution in [0.25, 0.3) is 0 Å². The van der Waals surface area contributed by atoms with Gasteiger partial charge in [-0.15, -0.1) is 11.8 Å². The number of fused-ring (bicyclic) bond motifs is 1. The molecule has 8 nitrogen and oxygen atoms in total. The monoisotopic (exact) mass is 399 g/mol. The predicted octanol–water partition coefficient (Wildman–Crippen LogP) is 2.01. The first kappa shape index (κ1) is 19.4. The second kappa shape index (κ2) is 8.13. The van der Waals surface area contributed by atoms with Crippen molar-refractivity contribution in [1.29, 1.82) is 0 Å². The van der Waals surface area contributed by atoms with Gasteiger partial charge in [-0.3, -0.25) is 14.4 Å². The number of hydrogen-bond donors (Lipinski definition) is 3. The Hall–Kier alpha value is -3.33. The van der Waals surface area contributed by atoms with Crippen molar-refractivity contribution in [2.45, 2.75) is 17.9 Å². The Bertz CT molecular complexity index is 959. The van der Waals surface area contributed by atoms with E-state index in [1.807, 2.05) is 0 Å². The quantitative estimate of drug-likeness (QED) is 0.660. The Balaban J connectivity index is 1.62. The Morgan fingerprint density at radius 2 is 1.82 bits per heavy atom. The first-order valence-electron chi connectivity index (χ1n) is 8.32. The molecule has 0 aliphatic carbocycles. The molecule has 2 aromatic carbocycles. The summed E-state index contributed by atoms with van der Waals surface area (Å²) in [5, 5.41) is 5.29. The Labute approximate surface area is 164 Å². The number of anilines is 2. The van der Waals surface area contributed by atoms with E-state index in [2.05, 4.69) is 10.6 Å². The number of rotatable bonds is 5. The number of amides is 3. The number of thioether (sulfide) groups is 1. The lowest BCUT2D eigenvalue weighted by Gasteiger charge is -2.17. The third-order valence-corrected chi connectivity index (χ3v) is 5.01. The molecule has 1 aliphatic heterocycles. The first-order chi connectivity index (χ1) is 13.3. The first-order valence-corrected chi connectivity index (χ1v) is 9.30. The van der Waals surface area contributed by atoms with E-state index < -0.39 is 23.9 Å². The average Bonchev–Trinajstić information content (AvgIpc) is 2.67. The Morgan fingerprint density at radius 1 is 1.14 bits per heavy atom. The van der Waals surface area contributed by atoms with E-state index in [9.17, 15) is 19.2 Å². The van der Waals surface area contributed by atoms with E-state index in [1.165, 1.54) is 49.0 Å². The van der Waals surface area contributed by atoms with Crippen molar-refractivity contribution in [2.24, 2.45) is 5.73 Å². The minimum Gasteiger partial charge on any atom is -0.449 e. The van der Waals surface area contributed by atoms with Gasteiger partial charge < -0.3 is 21.1 Å². The summed E-state index contributed by atoms with van der Waals surface area (Å²) in [6.07, 6.45) is -1.05. The zero-order valence-corrected chi connectivity index (χ0v) is 15.7. The molecule has 1 unspecified atom stereocenters. The molecule has 2 aromatic rings. The smallest absolute Gasteiger partial charge is 0.338 e. The minimum absolute atomic E-state index is 0.141. The highest BCUT2D eigenvalue weighted by molar-refractivity contribution is 8.00. The van der Waals surface area contributed by atoms with E-state index >= 15 is 0 Å². The van der Waals surface area contributed by atoms with Crippen molar-refractivity contribution < 1.29 is 23.9 Å². The summed E-state index contributed by atoms with van der Waals surface area (Å²) in [6, 6.07) is 10.8. The van der Waals surface area contributed by atoms with Gasteiger partial charge in [-0.05, 0) is 49.4 Å². The molecule has 0 aromatic heterocycles. The van der Waals surface area contributed by atoms with Gasteiger partial charge in [-0.1, -0.05) is 0 Å². The number of nitrogens with one attached hydrogen (secondary N) is 2. The molecule has 28 heavy (non-hydrogen) atoms. The maximum Gasteiger partial charge on any atom is 0.338 e. The second-order valence-electron chi connectivity index (χ2n) is 6.03. The molecule has 0 saturated carbocycles. The van der Waals surface area contributed by atoms with Crippen molar-refractivity contribution >= 4 is 46.8 Å². The Morgan fingerprint density at radius 3 is 2.50 bits per heavy atom. The predicted molar refractivity (Wildman–Crippen MR) is 104 cm³/mol. The standard InChI is InChI=1S/C19H17N3O5S/c1-10(18(25)21-13-5-2-11(3-6-13)17(20)24)27-19(26)12-4-7-15-14(8-12)22-16(23)9-28-15/h2-8,10H,9H2,1H3,(H2,20,24)(H,21,25)(H,22,23). The molecule has 0 saturated heterocycles. The van der Waals surface area contributed by atoms with Crippen molar-refractivity contribution in [3.63, 3.8) is 0 Å². The van der Waals surface area contributed by atoms with Crippen LogP contribution in [0.15, 0.2) is 47.4 Å². The zero-order valence-electron chi connectivity index (χ0n) is 14.9. The van der Waals surface area contributed by atoms with Gasteiger partial charge in [0.25, 0.3) is 5.91 Å². The molecule has 1 aliphatic rings. The summed E-state index contributed by atoms with van der Waals surface area (Å²) >= 11 is 1.38. The van der Waals surface area contributed by atoms with Gasteiger partial charge in [0.05, 0.1) is 17.0 Å². The molecule has 3 rings (SSSR count). The van der Waals surface area contributed by atoms with Gasteiger partial charge in [0.1, 0.15) is 0 Å². The number of primary amides is 1. The number of carbonyl (C=O) groups is 4. The number of nitrogens with two attached hydrogens (primary N) is 1. The summed E-state index contributed by atoms with van der Waals surface area (Å²) in [5.41, 5.74) is 6.69. The van der Waals surface area contributed by atoms with Crippen LogP contribution in [0, 0.1) is 0 Å². The molecule has 1 atom stereocenters. The van der Waals surface area contributed by atoms with Crippen LogP contribution in [-0.2, 0) is 14.3 Å². The molecule has 0 radical (unpaired) electrons. The minimum atomic E-state index is -1.05. The fraction of sp³-hybridized carbons (Fsp3) is 0.158. The fourth-order valence-corrected chi connectivity index (χ4v) is 3.24.